The number of aliphatic hydroxyl groups is 3. The lowest BCUT2D eigenvalue weighted by Gasteiger charge is -2.53. The number of likely N-dealkylation sites (N-methyl/N-ethyl adjacent to an activating group) is 1. The quantitative estimate of drug-likeness (QED) is 0.109. The molecule has 2 unspecified atom stereocenters. The van der Waals surface area contributed by atoms with Crippen molar-refractivity contribution in [2.45, 2.75) is 30.0 Å². The van der Waals surface area contributed by atoms with E-state index in [-0.39, 0.29) is 10.4 Å². The first-order chi connectivity index (χ1) is 21.7. The van der Waals surface area contributed by atoms with Crippen LogP contribution in [0.3, 0.4) is 0 Å². The number of hydrogen-bond acceptors (Lipinski definition) is 11. The number of Topliss-reactive ketones (excluding diaryl/α,β-unsaturated/α-hetero) is 2. The molecule has 0 radical (unpaired) electrons. The number of phenols is 3. The van der Waals surface area contributed by atoms with Crippen molar-refractivity contribution in [3.05, 3.63) is 52.0 Å². The number of fused-ring (bicyclic) bond motifs is 3. The van der Waals surface area contributed by atoms with Crippen molar-refractivity contribution >= 4 is 57.3 Å². The SMILES string of the molecule is CN(C)[C@@H]1C(=O)C(C(N)=O)C(=O)[C@@]2(O)C(O)c3c(c(O)c4ccc(NC(=O)Nc5ccc(Cl)cc5C(F)(F)F)c(O)c4c3O)[C@H](O)[C@@H]12. The fraction of sp³-hybridized carbons (Fsp3) is 0.310. The van der Waals surface area contributed by atoms with Gasteiger partial charge in [0.2, 0.25) is 5.91 Å². The van der Waals surface area contributed by atoms with Crippen LogP contribution in [-0.4, -0.2) is 84.8 Å². The summed E-state index contributed by atoms with van der Waals surface area (Å²) >= 11 is 5.65. The van der Waals surface area contributed by atoms with Gasteiger partial charge in [-0.1, -0.05) is 11.6 Å². The van der Waals surface area contributed by atoms with Crippen LogP contribution in [0.15, 0.2) is 30.3 Å². The fourth-order valence-corrected chi connectivity index (χ4v) is 6.64. The van der Waals surface area contributed by atoms with Gasteiger partial charge in [0.25, 0.3) is 0 Å². The summed E-state index contributed by atoms with van der Waals surface area (Å²) in [5, 5.41) is 71.0. The minimum atomic E-state index is -4.91. The molecule has 0 heterocycles. The molecule has 250 valence electrons. The summed E-state index contributed by atoms with van der Waals surface area (Å²) in [6.07, 6.45) is -9.58. The van der Waals surface area contributed by atoms with E-state index in [9.17, 15) is 63.0 Å². The van der Waals surface area contributed by atoms with Gasteiger partial charge in [0.1, 0.15) is 17.6 Å². The zero-order chi connectivity index (χ0) is 35.1. The van der Waals surface area contributed by atoms with Gasteiger partial charge in [-0.2, -0.15) is 13.2 Å². The Morgan fingerprint density at radius 3 is 2.13 bits per heavy atom. The number of primary amides is 1. The number of anilines is 2. The second kappa shape index (κ2) is 11.2. The largest absolute Gasteiger partial charge is 0.507 e. The molecule has 0 spiro atoms. The molecule has 14 nitrogen and oxygen atoms in total. The van der Waals surface area contributed by atoms with Crippen molar-refractivity contribution in [2.24, 2.45) is 17.6 Å². The summed E-state index contributed by atoms with van der Waals surface area (Å²) in [6, 6.07) is 1.66. The van der Waals surface area contributed by atoms with E-state index in [0.29, 0.717) is 6.07 Å². The summed E-state index contributed by atoms with van der Waals surface area (Å²) in [4.78, 5) is 52.6. The third-order valence-corrected chi connectivity index (χ3v) is 8.74. The van der Waals surface area contributed by atoms with Crippen LogP contribution in [0.4, 0.5) is 29.3 Å². The van der Waals surface area contributed by atoms with Crippen LogP contribution in [0.25, 0.3) is 10.8 Å². The maximum atomic E-state index is 13.5. The number of urea groups is 1. The van der Waals surface area contributed by atoms with E-state index in [1.54, 1.807) is 0 Å². The molecule has 5 rings (SSSR count). The van der Waals surface area contributed by atoms with Crippen LogP contribution in [0.5, 0.6) is 17.2 Å². The molecular weight excluding hydrogens is 657 g/mol. The number of amides is 3. The average Bonchev–Trinajstić information content (AvgIpc) is 2.96. The number of phenolic OH excluding ortho intramolecular Hbond substituents is 3. The van der Waals surface area contributed by atoms with E-state index in [4.69, 9.17) is 17.3 Å². The first-order valence-corrected chi connectivity index (χ1v) is 13.9. The molecule has 3 aromatic rings. The summed E-state index contributed by atoms with van der Waals surface area (Å²) in [6.45, 7) is 0. The highest BCUT2D eigenvalue weighted by molar-refractivity contribution is 6.30. The molecule has 1 saturated carbocycles. The minimum Gasteiger partial charge on any atom is -0.507 e. The summed E-state index contributed by atoms with van der Waals surface area (Å²) in [5.74, 6) is -11.3. The number of hydrogen-bond donors (Lipinski definition) is 9. The normalized spacial score (nSPS) is 25.8. The molecular formula is C29H26ClF3N4O10. The van der Waals surface area contributed by atoms with Gasteiger partial charge in [0, 0.05) is 21.5 Å². The van der Waals surface area contributed by atoms with Crippen molar-refractivity contribution in [3.8, 4) is 17.2 Å². The Bertz CT molecular complexity index is 1890. The Hall–Kier alpha value is -4.68. The smallest absolute Gasteiger partial charge is 0.418 e. The van der Waals surface area contributed by atoms with Gasteiger partial charge in [0.15, 0.2) is 28.8 Å². The highest BCUT2D eigenvalue weighted by atomic mass is 35.5. The van der Waals surface area contributed by atoms with Gasteiger partial charge in [-0.3, -0.25) is 19.3 Å². The molecule has 2 aliphatic rings. The predicted octanol–water partition coefficient (Wildman–Crippen LogP) is 1.88. The topological polar surface area (TPSA) is 243 Å². The Morgan fingerprint density at radius 1 is 0.957 bits per heavy atom. The minimum absolute atomic E-state index is 0.263. The number of alkyl halides is 3. The maximum Gasteiger partial charge on any atom is 0.418 e. The molecule has 0 aromatic heterocycles. The number of halogens is 4. The number of rotatable bonds is 4. The molecule has 0 aliphatic heterocycles. The Labute approximate surface area is 266 Å². The fourth-order valence-electron chi connectivity index (χ4n) is 6.46. The Morgan fingerprint density at radius 2 is 1.55 bits per heavy atom. The summed E-state index contributed by atoms with van der Waals surface area (Å²) in [5.41, 5.74) is -1.87. The van der Waals surface area contributed by atoms with Gasteiger partial charge in [-0.15, -0.1) is 0 Å². The van der Waals surface area contributed by atoms with Crippen LogP contribution < -0.4 is 16.4 Å². The van der Waals surface area contributed by atoms with Gasteiger partial charge in [-0.05, 0) is 44.4 Å². The average molecular weight is 683 g/mol. The van der Waals surface area contributed by atoms with Gasteiger partial charge in [-0.25, -0.2) is 4.79 Å². The Balaban J connectivity index is 1.63. The molecule has 0 bridgehead atoms. The standard InChI is InChI=1S/C29H26ClF3N4O10/c1-37(2)18-17-22(41)14-15(24(43)28(17,47)25(44)16(23(18)42)26(34)45)21(40)13-9(19(14)38)4-6-12(20(13)39)36-27(46)35-11-5-3-8(30)7-10(11)29(31,32)33/h3-7,16-18,22,24,38-41,43,47H,1-2H3,(H2,34,45)(H2,35,36,46)/t16?,17-,18+,22+,24?,28+/m1/s1. The monoisotopic (exact) mass is 682 g/mol. The number of carbonyl (C=O) groups is 4. The molecule has 2 aliphatic carbocycles. The first kappa shape index (κ1) is 33.7. The van der Waals surface area contributed by atoms with Crippen LogP contribution >= 0.6 is 11.6 Å². The van der Waals surface area contributed by atoms with Gasteiger partial charge in [0.05, 0.1) is 40.4 Å². The molecule has 1 fully saturated rings. The van der Waals surface area contributed by atoms with Gasteiger partial charge < -0.3 is 47.0 Å². The number of nitrogens with two attached hydrogens (primary N) is 1. The van der Waals surface area contributed by atoms with E-state index >= 15 is 0 Å². The van der Waals surface area contributed by atoms with Crippen LogP contribution in [0.1, 0.15) is 28.9 Å². The molecule has 6 atom stereocenters. The lowest BCUT2D eigenvalue weighted by Crippen LogP contribution is -2.71. The van der Waals surface area contributed by atoms with E-state index in [1.165, 1.54) is 14.1 Å². The maximum absolute atomic E-state index is 13.5. The number of nitrogens with one attached hydrogen (secondary N) is 2. The number of nitrogens with zero attached hydrogens (tertiary/aromatic N) is 1. The van der Waals surface area contributed by atoms with E-state index in [1.807, 2.05) is 5.32 Å². The Kier molecular flexibility index (Phi) is 8.05. The molecule has 47 heavy (non-hydrogen) atoms. The van der Waals surface area contributed by atoms with Crippen LogP contribution in [-0.2, 0) is 20.6 Å². The van der Waals surface area contributed by atoms with E-state index < -0.39 is 116 Å². The molecule has 0 saturated heterocycles. The molecule has 3 amide bonds. The zero-order valence-corrected chi connectivity index (χ0v) is 24.9. The van der Waals surface area contributed by atoms with Crippen LogP contribution in [0.2, 0.25) is 5.02 Å². The van der Waals surface area contributed by atoms with Crippen molar-refractivity contribution in [3.63, 3.8) is 0 Å². The summed E-state index contributed by atoms with van der Waals surface area (Å²) in [7, 11) is 2.64. The van der Waals surface area contributed by atoms with Crippen molar-refractivity contribution in [1.29, 1.82) is 0 Å². The number of aliphatic hydroxyl groups excluding tert-OH is 2. The zero-order valence-electron chi connectivity index (χ0n) is 24.1. The van der Waals surface area contributed by atoms with Crippen molar-refractivity contribution in [1.82, 2.24) is 4.90 Å². The van der Waals surface area contributed by atoms with Gasteiger partial charge >= 0.3 is 12.2 Å². The second-order valence-corrected chi connectivity index (χ2v) is 11.8. The number of carbonyl (C=O) groups excluding carboxylic acids is 4. The molecule has 18 heteroatoms. The van der Waals surface area contributed by atoms with Crippen molar-refractivity contribution < 1.29 is 63.0 Å². The van der Waals surface area contributed by atoms with E-state index in [0.717, 1.165) is 29.2 Å². The third kappa shape index (κ3) is 4.97. The first-order valence-electron chi connectivity index (χ1n) is 13.5. The van der Waals surface area contributed by atoms with E-state index in [2.05, 4.69) is 5.32 Å². The summed E-state index contributed by atoms with van der Waals surface area (Å²) < 4.78 is 40.4. The highest BCUT2D eigenvalue weighted by Gasteiger charge is 2.69. The number of aromatic hydroxyl groups is 3. The predicted molar refractivity (Wildman–Crippen MR) is 157 cm³/mol. The highest BCUT2D eigenvalue weighted by Crippen LogP contribution is 2.60. The lowest BCUT2D eigenvalue weighted by atomic mass is 9.56. The van der Waals surface area contributed by atoms with Crippen LogP contribution in [0, 0.1) is 11.8 Å². The third-order valence-electron chi connectivity index (χ3n) is 8.50. The second-order valence-electron chi connectivity index (χ2n) is 11.4. The lowest BCUT2D eigenvalue weighted by molar-refractivity contribution is -0.202. The number of ketones is 2. The molecule has 10 N–H and O–H groups in total. The number of benzene rings is 3. The molecule has 3 aromatic carbocycles. The van der Waals surface area contributed by atoms with Crippen molar-refractivity contribution in [2.75, 3.05) is 24.7 Å².